The Labute approximate surface area is 119 Å². The molecule has 5 nitrogen and oxygen atoms in total. The molecular formula is C15H22N2O3. The lowest BCUT2D eigenvalue weighted by Gasteiger charge is -2.20. The number of hydrogen-bond donors (Lipinski definition) is 3. The van der Waals surface area contributed by atoms with Crippen LogP contribution in [0.1, 0.15) is 30.5 Å². The van der Waals surface area contributed by atoms with Crippen LogP contribution in [0.3, 0.4) is 0 Å². The van der Waals surface area contributed by atoms with Gasteiger partial charge in [-0.25, -0.2) is 0 Å². The summed E-state index contributed by atoms with van der Waals surface area (Å²) in [4.78, 5) is 11.3. The Morgan fingerprint density at radius 3 is 3.05 bits per heavy atom. The number of anilines is 1. The van der Waals surface area contributed by atoms with Gasteiger partial charge in [-0.1, -0.05) is 12.1 Å². The molecule has 0 spiro atoms. The summed E-state index contributed by atoms with van der Waals surface area (Å²) in [5.41, 5.74) is 3.35. The summed E-state index contributed by atoms with van der Waals surface area (Å²) in [6.07, 6.45) is 1.37. The van der Waals surface area contributed by atoms with Crippen LogP contribution in [-0.4, -0.2) is 37.4 Å². The van der Waals surface area contributed by atoms with Crippen LogP contribution in [0.4, 0.5) is 5.69 Å². The van der Waals surface area contributed by atoms with Crippen molar-refractivity contribution in [2.75, 3.05) is 31.7 Å². The molecule has 1 amide bonds. The summed E-state index contributed by atoms with van der Waals surface area (Å²) in [5, 5.41) is 14.9. The van der Waals surface area contributed by atoms with E-state index in [2.05, 4.69) is 23.6 Å². The van der Waals surface area contributed by atoms with Crippen LogP contribution in [0.2, 0.25) is 0 Å². The number of benzene rings is 1. The van der Waals surface area contributed by atoms with Crippen molar-refractivity contribution in [1.82, 2.24) is 5.32 Å². The van der Waals surface area contributed by atoms with E-state index in [9.17, 15) is 4.79 Å². The molecule has 0 saturated carbocycles. The second-order valence-electron chi connectivity index (χ2n) is 4.98. The van der Waals surface area contributed by atoms with E-state index >= 15 is 0 Å². The second kappa shape index (κ2) is 7.38. The summed E-state index contributed by atoms with van der Waals surface area (Å²) in [5.74, 6) is 0.0949. The minimum Gasteiger partial charge on any atom is -0.394 e. The van der Waals surface area contributed by atoms with Gasteiger partial charge in [0.1, 0.15) is 0 Å². The molecule has 20 heavy (non-hydrogen) atoms. The Hall–Kier alpha value is -1.43. The van der Waals surface area contributed by atoms with Gasteiger partial charge < -0.3 is 20.5 Å². The number of aliphatic hydroxyl groups excluding tert-OH is 1. The lowest BCUT2D eigenvalue weighted by Crippen LogP contribution is -2.24. The molecule has 1 aliphatic rings. The lowest BCUT2D eigenvalue weighted by molar-refractivity contribution is -0.116. The van der Waals surface area contributed by atoms with E-state index in [0.717, 1.165) is 18.7 Å². The Bertz CT molecular complexity index is 462. The summed E-state index contributed by atoms with van der Waals surface area (Å²) in [6.45, 7) is 3.89. The molecule has 1 aromatic carbocycles. The van der Waals surface area contributed by atoms with Gasteiger partial charge in [0.2, 0.25) is 5.91 Å². The van der Waals surface area contributed by atoms with Crippen LogP contribution in [0, 0.1) is 0 Å². The summed E-state index contributed by atoms with van der Waals surface area (Å²) >= 11 is 0. The predicted molar refractivity (Wildman–Crippen MR) is 77.7 cm³/mol. The number of fused-ring (bicyclic) bond motifs is 1. The molecule has 0 fully saturated rings. The summed E-state index contributed by atoms with van der Waals surface area (Å²) < 4.78 is 5.21. The number of ether oxygens (including phenoxy) is 1. The second-order valence-corrected chi connectivity index (χ2v) is 4.98. The monoisotopic (exact) mass is 278 g/mol. The van der Waals surface area contributed by atoms with Gasteiger partial charge in [-0.2, -0.15) is 0 Å². The van der Waals surface area contributed by atoms with Crippen molar-refractivity contribution in [3.05, 3.63) is 29.3 Å². The van der Waals surface area contributed by atoms with Gasteiger partial charge in [0.25, 0.3) is 0 Å². The number of aliphatic hydroxyl groups is 1. The van der Waals surface area contributed by atoms with E-state index in [1.807, 2.05) is 12.1 Å². The van der Waals surface area contributed by atoms with E-state index in [0.29, 0.717) is 19.6 Å². The first-order chi connectivity index (χ1) is 9.70. The highest BCUT2D eigenvalue weighted by Crippen LogP contribution is 2.25. The zero-order valence-corrected chi connectivity index (χ0v) is 11.8. The van der Waals surface area contributed by atoms with Gasteiger partial charge in [0, 0.05) is 24.7 Å². The smallest absolute Gasteiger partial charge is 0.224 e. The molecule has 1 unspecified atom stereocenters. The summed E-state index contributed by atoms with van der Waals surface area (Å²) in [6, 6.07) is 6.40. The number of carbonyl (C=O) groups is 1. The van der Waals surface area contributed by atoms with Gasteiger partial charge in [0.15, 0.2) is 0 Å². The molecule has 0 bridgehead atoms. The highest BCUT2D eigenvalue weighted by molar-refractivity contribution is 5.93. The van der Waals surface area contributed by atoms with Crippen molar-refractivity contribution in [3.63, 3.8) is 0 Å². The maximum Gasteiger partial charge on any atom is 0.224 e. The highest BCUT2D eigenvalue weighted by atomic mass is 16.5. The maximum atomic E-state index is 11.3. The zero-order chi connectivity index (χ0) is 14.4. The normalized spacial score (nSPS) is 15.6. The minimum atomic E-state index is 0.0616. The molecule has 2 rings (SSSR count). The SMILES string of the molecule is CC(NCCOCCO)c1ccc2c(c1)CCC(=O)N2. The van der Waals surface area contributed by atoms with Crippen LogP contribution >= 0.6 is 0 Å². The summed E-state index contributed by atoms with van der Waals surface area (Å²) in [7, 11) is 0. The molecule has 3 N–H and O–H groups in total. The lowest BCUT2D eigenvalue weighted by atomic mass is 9.98. The van der Waals surface area contributed by atoms with E-state index < -0.39 is 0 Å². The van der Waals surface area contributed by atoms with Gasteiger partial charge in [-0.3, -0.25) is 4.79 Å². The number of hydrogen-bond acceptors (Lipinski definition) is 4. The Morgan fingerprint density at radius 2 is 2.25 bits per heavy atom. The molecule has 0 aromatic heterocycles. The van der Waals surface area contributed by atoms with E-state index in [1.165, 1.54) is 11.1 Å². The first-order valence-electron chi connectivity index (χ1n) is 7.05. The van der Waals surface area contributed by atoms with Crippen molar-refractivity contribution in [1.29, 1.82) is 0 Å². The average molecular weight is 278 g/mol. The fraction of sp³-hybridized carbons (Fsp3) is 0.533. The van der Waals surface area contributed by atoms with Gasteiger partial charge in [-0.15, -0.1) is 0 Å². The Kier molecular flexibility index (Phi) is 5.52. The number of amides is 1. The van der Waals surface area contributed by atoms with Gasteiger partial charge in [-0.05, 0) is 30.5 Å². The fourth-order valence-corrected chi connectivity index (χ4v) is 2.30. The highest BCUT2D eigenvalue weighted by Gasteiger charge is 2.16. The van der Waals surface area contributed by atoms with Crippen LogP contribution in [-0.2, 0) is 16.0 Å². The molecule has 1 atom stereocenters. The topological polar surface area (TPSA) is 70.6 Å². The molecule has 1 aromatic rings. The largest absolute Gasteiger partial charge is 0.394 e. The minimum absolute atomic E-state index is 0.0616. The van der Waals surface area contributed by atoms with Crippen LogP contribution in [0.15, 0.2) is 18.2 Å². The number of nitrogens with one attached hydrogen (secondary N) is 2. The molecule has 5 heteroatoms. The maximum absolute atomic E-state index is 11.3. The number of rotatable bonds is 7. The zero-order valence-electron chi connectivity index (χ0n) is 11.8. The van der Waals surface area contributed by atoms with Crippen molar-refractivity contribution >= 4 is 11.6 Å². The molecular weight excluding hydrogens is 256 g/mol. The van der Waals surface area contributed by atoms with E-state index in [1.54, 1.807) is 0 Å². The van der Waals surface area contributed by atoms with Crippen LogP contribution < -0.4 is 10.6 Å². The first kappa shape index (κ1) is 15.0. The van der Waals surface area contributed by atoms with Crippen LogP contribution in [0.5, 0.6) is 0 Å². The Morgan fingerprint density at radius 1 is 1.40 bits per heavy atom. The van der Waals surface area contributed by atoms with Crippen molar-refractivity contribution in [2.24, 2.45) is 0 Å². The third kappa shape index (κ3) is 4.03. The van der Waals surface area contributed by atoms with Crippen molar-refractivity contribution in [2.45, 2.75) is 25.8 Å². The third-order valence-electron chi connectivity index (χ3n) is 3.46. The van der Waals surface area contributed by atoms with Crippen molar-refractivity contribution < 1.29 is 14.6 Å². The molecule has 1 aliphatic heterocycles. The molecule has 0 aliphatic carbocycles. The fourth-order valence-electron chi connectivity index (χ4n) is 2.30. The van der Waals surface area contributed by atoms with Crippen LogP contribution in [0.25, 0.3) is 0 Å². The molecule has 0 radical (unpaired) electrons. The Balaban J connectivity index is 1.87. The number of carbonyl (C=O) groups excluding carboxylic acids is 1. The quantitative estimate of drug-likeness (QED) is 0.656. The average Bonchev–Trinajstić information content (AvgIpc) is 2.46. The predicted octanol–water partition coefficient (Wildman–Crippen LogP) is 1.23. The number of aryl methyl sites for hydroxylation is 1. The molecule has 1 heterocycles. The van der Waals surface area contributed by atoms with E-state index in [4.69, 9.17) is 9.84 Å². The molecule has 110 valence electrons. The third-order valence-corrected chi connectivity index (χ3v) is 3.46. The molecule has 0 saturated heterocycles. The first-order valence-corrected chi connectivity index (χ1v) is 7.05. The van der Waals surface area contributed by atoms with Gasteiger partial charge >= 0.3 is 0 Å². The standard InChI is InChI=1S/C15H22N2O3/c1-11(16-6-8-20-9-7-18)12-2-4-14-13(10-12)3-5-15(19)17-14/h2,4,10-11,16,18H,3,5-9H2,1H3,(H,17,19). The van der Waals surface area contributed by atoms with Crippen molar-refractivity contribution in [3.8, 4) is 0 Å². The van der Waals surface area contributed by atoms with Gasteiger partial charge in [0.05, 0.1) is 19.8 Å². The van der Waals surface area contributed by atoms with E-state index in [-0.39, 0.29) is 18.6 Å².